The van der Waals surface area contributed by atoms with Crippen LogP contribution >= 0.6 is 0 Å². The Morgan fingerprint density at radius 3 is 2.79 bits per heavy atom. The molecule has 1 N–H and O–H groups in total. The van der Waals surface area contributed by atoms with Crippen LogP contribution in [0.1, 0.15) is 32.6 Å². The third-order valence-electron chi connectivity index (χ3n) is 3.96. The molecule has 0 amide bonds. The largest absolute Gasteiger partial charge is 0.454 e. The lowest BCUT2D eigenvalue weighted by atomic mass is 9.86. The van der Waals surface area contributed by atoms with Gasteiger partial charge in [-0.3, -0.25) is 5.26 Å². The summed E-state index contributed by atoms with van der Waals surface area (Å²) >= 11 is 0. The second kappa shape index (κ2) is 5.72. The van der Waals surface area contributed by atoms with Crippen molar-refractivity contribution in [1.29, 1.82) is 0 Å². The molecule has 104 valence electrons. The zero-order chi connectivity index (χ0) is 14.0. The molecule has 0 aromatic rings. The van der Waals surface area contributed by atoms with Crippen molar-refractivity contribution in [3.05, 3.63) is 36.0 Å². The fourth-order valence-electron chi connectivity index (χ4n) is 2.68. The lowest BCUT2D eigenvalue weighted by Crippen LogP contribution is -2.20. The first-order chi connectivity index (χ1) is 9.02. The normalized spacial score (nSPS) is 35.4. The predicted octanol–water partition coefficient (Wildman–Crippen LogP) is 3.02. The zero-order valence-electron chi connectivity index (χ0n) is 11.2. The molecule has 0 bridgehead atoms. The molecule has 4 heteroatoms. The molecule has 2 rings (SSSR count). The molecule has 3 atom stereocenters. The Balaban J connectivity index is 2.22. The molecule has 3 unspecified atom stereocenters. The van der Waals surface area contributed by atoms with Gasteiger partial charge in [-0.1, -0.05) is 18.7 Å². The second-order valence-electron chi connectivity index (χ2n) is 5.34. The fraction of sp³-hybridized carbons (Fsp3) is 0.533. The summed E-state index contributed by atoms with van der Waals surface area (Å²) in [7, 11) is 0. The minimum Gasteiger partial charge on any atom is -0.454 e. The van der Waals surface area contributed by atoms with E-state index in [9.17, 15) is 4.79 Å². The van der Waals surface area contributed by atoms with Crippen LogP contribution in [0.3, 0.4) is 0 Å². The lowest BCUT2D eigenvalue weighted by Gasteiger charge is -2.22. The van der Waals surface area contributed by atoms with Crippen molar-refractivity contribution in [2.45, 2.75) is 44.8 Å². The van der Waals surface area contributed by atoms with Gasteiger partial charge in [0.15, 0.2) is 0 Å². The summed E-state index contributed by atoms with van der Waals surface area (Å²) < 4.78 is 5.34. The van der Waals surface area contributed by atoms with E-state index in [0.29, 0.717) is 18.4 Å². The summed E-state index contributed by atoms with van der Waals surface area (Å²) in [6, 6.07) is 0. The number of carbonyl (C=O) groups excluding carboxylic acids is 1. The Bertz CT molecular complexity index is 435. The molecular formula is C15H20O4. The van der Waals surface area contributed by atoms with Crippen molar-refractivity contribution in [3.63, 3.8) is 0 Å². The highest BCUT2D eigenvalue weighted by Gasteiger charge is 2.37. The van der Waals surface area contributed by atoms with Crippen LogP contribution in [0.4, 0.5) is 0 Å². The average Bonchev–Trinajstić information content (AvgIpc) is 2.63. The number of rotatable bonds is 1. The molecule has 1 aliphatic carbocycles. The zero-order valence-corrected chi connectivity index (χ0v) is 11.2. The molecule has 0 saturated carbocycles. The summed E-state index contributed by atoms with van der Waals surface area (Å²) in [5.41, 5.74) is 2.50. The van der Waals surface area contributed by atoms with Gasteiger partial charge in [-0.2, -0.15) is 0 Å². The molecule has 1 heterocycles. The van der Waals surface area contributed by atoms with Gasteiger partial charge in [0, 0.05) is 11.5 Å². The maximum Gasteiger partial charge on any atom is 0.334 e. The number of carbonyl (C=O) groups is 1. The maximum absolute atomic E-state index is 11.6. The molecule has 0 aromatic heterocycles. The van der Waals surface area contributed by atoms with E-state index in [1.165, 1.54) is 0 Å². The smallest absolute Gasteiger partial charge is 0.334 e. The Kier molecular flexibility index (Phi) is 4.22. The van der Waals surface area contributed by atoms with Gasteiger partial charge in [0.2, 0.25) is 0 Å². The number of esters is 1. The summed E-state index contributed by atoms with van der Waals surface area (Å²) in [6.45, 7) is 9.78. The van der Waals surface area contributed by atoms with Crippen LogP contribution in [0, 0.1) is 5.92 Å². The van der Waals surface area contributed by atoms with E-state index in [2.05, 4.69) is 18.0 Å². The summed E-state index contributed by atoms with van der Waals surface area (Å²) in [5, 5.41) is 8.93. The molecule has 1 aliphatic heterocycles. The summed E-state index contributed by atoms with van der Waals surface area (Å²) in [4.78, 5) is 16.1. The Morgan fingerprint density at radius 2 is 2.11 bits per heavy atom. The minimum atomic E-state index is -0.341. The standard InChI is InChI=1S/C15H20O4/c1-9-4-7-13(19-17)10(2)5-6-12-11(3)15(16)18-14(12)8-9/h8,12-14,17H,2-7H2,1H3/b9-8-. The highest BCUT2D eigenvalue weighted by molar-refractivity contribution is 5.91. The summed E-state index contributed by atoms with van der Waals surface area (Å²) in [6.07, 6.45) is 4.32. The van der Waals surface area contributed by atoms with Crippen LogP contribution in [0.15, 0.2) is 36.0 Å². The van der Waals surface area contributed by atoms with Gasteiger partial charge in [0.25, 0.3) is 0 Å². The first kappa shape index (κ1) is 14.0. The Labute approximate surface area is 113 Å². The van der Waals surface area contributed by atoms with E-state index < -0.39 is 0 Å². The highest BCUT2D eigenvalue weighted by Crippen LogP contribution is 2.35. The van der Waals surface area contributed by atoms with Crippen molar-refractivity contribution >= 4 is 5.97 Å². The predicted molar refractivity (Wildman–Crippen MR) is 71.4 cm³/mol. The van der Waals surface area contributed by atoms with Crippen molar-refractivity contribution in [2.75, 3.05) is 0 Å². The quantitative estimate of drug-likeness (QED) is 0.260. The number of hydrogen-bond acceptors (Lipinski definition) is 4. The topological polar surface area (TPSA) is 55.8 Å². The van der Waals surface area contributed by atoms with Gasteiger partial charge in [-0.05, 0) is 44.3 Å². The van der Waals surface area contributed by atoms with E-state index in [0.717, 1.165) is 24.0 Å². The van der Waals surface area contributed by atoms with E-state index in [1.54, 1.807) is 0 Å². The molecule has 19 heavy (non-hydrogen) atoms. The number of allylic oxidation sites excluding steroid dienone is 1. The van der Waals surface area contributed by atoms with Crippen LogP contribution in [0.5, 0.6) is 0 Å². The number of hydrogen-bond donors (Lipinski definition) is 1. The van der Waals surface area contributed by atoms with Gasteiger partial charge in [-0.25, -0.2) is 9.68 Å². The third kappa shape index (κ3) is 2.96. The highest BCUT2D eigenvalue weighted by atomic mass is 17.1. The van der Waals surface area contributed by atoms with Crippen LogP contribution in [0.2, 0.25) is 0 Å². The minimum absolute atomic E-state index is 0.00311. The fourth-order valence-corrected chi connectivity index (χ4v) is 2.68. The van der Waals surface area contributed by atoms with Gasteiger partial charge < -0.3 is 4.74 Å². The van der Waals surface area contributed by atoms with Gasteiger partial charge >= 0.3 is 5.97 Å². The molecular weight excluding hydrogens is 244 g/mol. The SMILES string of the molecule is C=C1CCC2C(=C)C(=O)OC2/C=C(/C)CCC1OO. The average molecular weight is 264 g/mol. The first-order valence-corrected chi connectivity index (χ1v) is 6.58. The van der Waals surface area contributed by atoms with Crippen molar-refractivity contribution in [3.8, 4) is 0 Å². The summed E-state index contributed by atoms with van der Waals surface area (Å²) in [5.74, 6) is -0.310. The van der Waals surface area contributed by atoms with E-state index in [-0.39, 0.29) is 24.1 Å². The van der Waals surface area contributed by atoms with Crippen molar-refractivity contribution in [2.24, 2.45) is 5.92 Å². The molecule has 1 saturated heterocycles. The van der Waals surface area contributed by atoms with Crippen LogP contribution in [0.25, 0.3) is 0 Å². The third-order valence-corrected chi connectivity index (χ3v) is 3.96. The van der Waals surface area contributed by atoms with E-state index >= 15 is 0 Å². The maximum atomic E-state index is 11.6. The monoisotopic (exact) mass is 264 g/mol. The second-order valence-corrected chi connectivity index (χ2v) is 5.34. The number of fused-ring (bicyclic) bond motifs is 1. The molecule has 0 aromatic carbocycles. The Hall–Kier alpha value is -1.39. The van der Waals surface area contributed by atoms with E-state index in [4.69, 9.17) is 9.99 Å². The van der Waals surface area contributed by atoms with Gasteiger partial charge in [0.1, 0.15) is 12.2 Å². The molecule has 0 spiro atoms. The molecule has 2 aliphatic rings. The van der Waals surface area contributed by atoms with Gasteiger partial charge in [0.05, 0.1) is 0 Å². The van der Waals surface area contributed by atoms with Crippen molar-refractivity contribution < 1.29 is 19.7 Å². The van der Waals surface area contributed by atoms with E-state index in [1.807, 2.05) is 13.0 Å². The molecule has 1 fully saturated rings. The molecule has 4 nitrogen and oxygen atoms in total. The molecule has 0 radical (unpaired) electrons. The van der Waals surface area contributed by atoms with Gasteiger partial charge in [-0.15, -0.1) is 0 Å². The lowest BCUT2D eigenvalue weighted by molar-refractivity contribution is -0.270. The van der Waals surface area contributed by atoms with Crippen LogP contribution < -0.4 is 0 Å². The van der Waals surface area contributed by atoms with Crippen LogP contribution in [-0.4, -0.2) is 23.4 Å². The Morgan fingerprint density at radius 1 is 1.37 bits per heavy atom. The first-order valence-electron chi connectivity index (χ1n) is 6.58. The van der Waals surface area contributed by atoms with Crippen molar-refractivity contribution in [1.82, 2.24) is 0 Å². The number of ether oxygens (including phenoxy) is 1. The van der Waals surface area contributed by atoms with Crippen LogP contribution in [-0.2, 0) is 14.4 Å².